The van der Waals surface area contributed by atoms with E-state index in [1.807, 2.05) is 19.2 Å². The van der Waals surface area contributed by atoms with Crippen molar-refractivity contribution < 1.29 is 0 Å². The predicted molar refractivity (Wildman–Crippen MR) is 108 cm³/mol. The van der Waals surface area contributed by atoms with Crippen LogP contribution in [-0.2, 0) is 12.8 Å². The Kier molecular flexibility index (Phi) is 6.91. The number of fused-ring (bicyclic) bond motifs is 2. The van der Waals surface area contributed by atoms with E-state index in [2.05, 4.69) is 22.0 Å². The second kappa shape index (κ2) is 9.37. The molecule has 0 unspecified atom stereocenters. The SMILES string of the molecule is CNCCCNCCCNc1c2c(nc3cc(Cl)ccc13)CCCC2. The second-order valence-corrected chi connectivity index (χ2v) is 7.20. The van der Waals surface area contributed by atoms with Crippen molar-refractivity contribution in [3.05, 3.63) is 34.5 Å². The maximum Gasteiger partial charge on any atom is 0.0741 e. The number of anilines is 1. The first-order valence-corrected chi connectivity index (χ1v) is 9.87. The maximum absolute atomic E-state index is 6.18. The Hall–Kier alpha value is -1.36. The number of halogens is 1. The van der Waals surface area contributed by atoms with Gasteiger partial charge in [-0.25, -0.2) is 0 Å². The van der Waals surface area contributed by atoms with Gasteiger partial charge >= 0.3 is 0 Å². The Labute approximate surface area is 155 Å². The summed E-state index contributed by atoms with van der Waals surface area (Å²) in [6.07, 6.45) is 7.00. The molecule has 3 rings (SSSR count). The van der Waals surface area contributed by atoms with Crippen LogP contribution in [0.25, 0.3) is 10.9 Å². The highest BCUT2D eigenvalue weighted by molar-refractivity contribution is 6.31. The molecule has 25 heavy (non-hydrogen) atoms. The van der Waals surface area contributed by atoms with Gasteiger partial charge in [0, 0.05) is 28.3 Å². The lowest BCUT2D eigenvalue weighted by Gasteiger charge is -2.22. The summed E-state index contributed by atoms with van der Waals surface area (Å²) in [6.45, 7) is 4.18. The highest BCUT2D eigenvalue weighted by Crippen LogP contribution is 2.34. The van der Waals surface area contributed by atoms with Crippen molar-refractivity contribution in [1.82, 2.24) is 15.6 Å². The van der Waals surface area contributed by atoms with Gasteiger partial charge in [0.25, 0.3) is 0 Å². The van der Waals surface area contributed by atoms with Gasteiger partial charge in [-0.15, -0.1) is 0 Å². The van der Waals surface area contributed by atoms with E-state index < -0.39 is 0 Å². The second-order valence-electron chi connectivity index (χ2n) is 6.77. The fraction of sp³-hybridized carbons (Fsp3) is 0.550. The molecular formula is C20H29ClN4. The molecule has 1 aromatic heterocycles. The van der Waals surface area contributed by atoms with Gasteiger partial charge in [0.05, 0.1) is 5.52 Å². The fourth-order valence-corrected chi connectivity index (χ4v) is 3.71. The number of pyridine rings is 1. The summed E-state index contributed by atoms with van der Waals surface area (Å²) in [7, 11) is 2.00. The van der Waals surface area contributed by atoms with Crippen LogP contribution in [0.3, 0.4) is 0 Å². The zero-order valence-electron chi connectivity index (χ0n) is 15.1. The minimum Gasteiger partial charge on any atom is -0.384 e. The average molecular weight is 361 g/mol. The third kappa shape index (κ3) is 4.84. The van der Waals surface area contributed by atoms with Crippen LogP contribution < -0.4 is 16.0 Å². The highest BCUT2D eigenvalue weighted by atomic mass is 35.5. The Bertz CT molecular complexity index is 702. The lowest BCUT2D eigenvalue weighted by molar-refractivity contribution is 0.613. The van der Waals surface area contributed by atoms with Crippen LogP contribution in [0.5, 0.6) is 0 Å². The van der Waals surface area contributed by atoms with Crippen molar-refractivity contribution in [1.29, 1.82) is 0 Å². The lowest BCUT2D eigenvalue weighted by atomic mass is 9.92. The molecule has 0 fully saturated rings. The molecule has 1 aliphatic rings. The van der Waals surface area contributed by atoms with Crippen molar-refractivity contribution in [2.24, 2.45) is 0 Å². The van der Waals surface area contributed by atoms with Crippen LogP contribution in [0.2, 0.25) is 5.02 Å². The summed E-state index contributed by atoms with van der Waals surface area (Å²) in [5, 5.41) is 12.3. The largest absolute Gasteiger partial charge is 0.384 e. The van der Waals surface area contributed by atoms with Gasteiger partial charge in [0.2, 0.25) is 0 Å². The van der Waals surface area contributed by atoms with Crippen molar-refractivity contribution in [3.8, 4) is 0 Å². The first kappa shape index (κ1) is 18.4. The number of benzene rings is 1. The van der Waals surface area contributed by atoms with Gasteiger partial charge in [-0.1, -0.05) is 11.6 Å². The van der Waals surface area contributed by atoms with E-state index in [4.69, 9.17) is 16.6 Å². The molecule has 0 saturated carbocycles. The molecule has 0 saturated heterocycles. The topological polar surface area (TPSA) is 49.0 Å². The molecule has 0 aliphatic heterocycles. The summed E-state index contributed by atoms with van der Waals surface area (Å²) in [5.74, 6) is 0. The Morgan fingerprint density at radius 1 is 1.04 bits per heavy atom. The summed E-state index contributed by atoms with van der Waals surface area (Å²) in [4.78, 5) is 4.88. The number of aromatic nitrogens is 1. The van der Waals surface area contributed by atoms with E-state index in [1.165, 1.54) is 41.6 Å². The molecule has 0 atom stereocenters. The Morgan fingerprint density at radius 2 is 1.84 bits per heavy atom. The van der Waals surface area contributed by atoms with Crippen molar-refractivity contribution >= 4 is 28.2 Å². The Balaban J connectivity index is 1.65. The van der Waals surface area contributed by atoms with Crippen molar-refractivity contribution in [2.45, 2.75) is 38.5 Å². The molecule has 3 N–H and O–H groups in total. The zero-order chi connectivity index (χ0) is 17.5. The van der Waals surface area contributed by atoms with Gasteiger partial charge < -0.3 is 16.0 Å². The first-order valence-electron chi connectivity index (χ1n) is 9.50. The standard InChI is InChI=1S/C20H29ClN4/c1-22-10-4-11-23-12-5-13-24-20-16-6-2-3-7-18(16)25-19-14-15(21)8-9-17(19)20/h8-9,14,22-23H,2-7,10-13H2,1H3,(H,24,25). The molecule has 1 heterocycles. The van der Waals surface area contributed by atoms with E-state index in [0.717, 1.165) is 56.0 Å². The summed E-state index contributed by atoms with van der Waals surface area (Å²) in [5.41, 5.74) is 4.98. The number of hydrogen-bond donors (Lipinski definition) is 3. The molecule has 0 radical (unpaired) electrons. The maximum atomic E-state index is 6.18. The zero-order valence-corrected chi connectivity index (χ0v) is 15.9. The smallest absolute Gasteiger partial charge is 0.0741 e. The van der Waals surface area contributed by atoms with Crippen molar-refractivity contribution in [3.63, 3.8) is 0 Å². The van der Waals surface area contributed by atoms with Crippen LogP contribution >= 0.6 is 11.6 Å². The average Bonchev–Trinajstić information content (AvgIpc) is 2.63. The van der Waals surface area contributed by atoms with Gasteiger partial charge in [0.15, 0.2) is 0 Å². The molecule has 5 heteroatoms. The summed E-state index contributed by atoms with van der Waals surface area (Å²) >= 11 is 6.18. The Morgan fingerprint density at radius 3 is 2.68 bits per heavy atom. The van der Waals surface area contributed by atoms with Crippen LogP contribution in [0.15, 0.2) is 18.2 Å². The molecule has 1 aromatic carbocycles. The van der Waals surface area contributed by atoms with Crippen LogP contribution in [-0.4, -0.2) is 38.2 Å². The van der Waals surface area contributed by atoms with Crippen LogP contribution in [0.4, 0.5) is 5.69 Å². The minimum absolute atomic E-state index is 0.757. The van der Waals surface area contributed by atoms with Crippen LogP contribution in [0, 0.1) is 0 Å². The van der Waals surface area contributed by atoms with E-state index >= 15 is 0 Å². The fourth-order valence-electron chi connectivity index (χ4n) is 3.54. The van der Waals surface area contributed by atoms with Gasteiger partial charge in [-0.05, 0) is 89.0 Å². The molecular weight excluding hydrogens is 332 g/mol. The van der Waals surface area contributed by atoms with Gasteiger partial charge in [0.1, 0.15) is 0 Å². The third-order valence-electron chi connectivity index (χ3n) is 4.84. The number of hydrogen-bond acceptors (Lipinski definition) is 4. The number of rotatable bonds is 9. The third-order valence-corrected chi connectivity index (χ3v) is 5.07. The number of aryl methyl sites for hydroxylation is 1. The summed E-state index contributed by atoms with van der Waals surface area (Å²) in [6, 6.07) is 6.06. The normalized spacial score (nSPS) is 13.8. The molecule has 0 amide bonds. The summed E-state index contributed by atoms with van der Waals surface area (Å²) < 4.78 is 0. The van der Waals surface area contributed by atoms with E-state index in [0.29, 0.717) is 0 Å². The highest BCUT2D eigenvalue weighted by Gasteiger charge is 2.18. The molecule has 136 valence electrons. The minimum atomic E-state index is 0.757. The van der Waals surface area contributed by atoms with E-state index in [9.17, 15) is 0 Å². The van der Waals surface area contributed by atoms with Gasteiger partial charge in [-0.3, -0.25) is 4.98 Å². The lowest BCUT2D eigenvalue weighted by Crippen LogP contribution is -2.22. The van der Waals surface area contributed by atoms with Gasteiger partial charge in [-0.2, -0.15) is 0 Å². The first-order chi connectivity index (χ1) is 12.3. The molecule has 0 bridgehead atoms. The number of nitrogens with zero attached hydrogens (tertiary/aromatic N) is 1. The molecule has 2 aromatic rings. The van der Waals surface area contributed by atoms with E-state index in [1.54, 1.807) is 0 Å². The quantitative estimate of drug-likeness (QED) is 0.596. The van der Waals surface area contributed by atoms with E-state index in [-0.39, 0.29) is 0 Å². The van der Waals surface area contributed by atoms with Crippen molar-refractivity contribution in [2.75, 3.05) is 38.5 Å². The molecule has 4 nitrogen and oxygen atoms in total. The molecule has 1 aliphatic carbocycles. The van der Waals surface area contributed by atoms with Crippen LogP contribution in [0.1, 0.15) is 36.9 Å². The monoisotopic (exact) mass is 360 g/mol. The number of nitrogens with one attached hydrogen (secondary N) is 3. The molecule has 0 spiro atoms. The predicted octanol–water partition coefficient (Wildman–Crippen LogP) is 3.77.